The number of benzene rings is 1. The van der Waals surface area contributed by atoms with Crippen LogP contribution in [0, 0.1) is 6.92 Å². The van der Waals surface area contributed by atoms with Crippen molar-refractivity contribution in [1.82, 2.24) is 20.2 Å². The molecule has 1 N–H and O–H groups in total. The van der Waals surface area contributed by atoms with E-state index >= 15 is 0 Å². The second-order valence-corrected chi connectivity index (χ2v) is 7.42. The Morgan fingerprint density at radius 2 is 2.22 bits per heavy atom. The number of aromatic nitrogens is 2. The minimum absolute atomic E-state index is 0.0570. The first kappa shape index (κ1) is 16.4. The molecule has 0 saturated carbocycles. The topological polar surface area (TPSA) is 71.3 Å². The summed E-state index contributed by atoms with van der Waals surface area (Å²) in [5, 5.41) is 4.36. The van der Waals surface area contributed by atoms with Gasteiger partial charge in [0.1, 0.15) is 11.4 Å². The molecule has 0 bridgehead atoms. The van der Waals surface area contributed by atoms with Gasteiger partial charge in [0.25, 0.3) is 5.91 Å². The summed E-state index contributed by atoms with van der Waals surface area (Å²) >= 11 is 0. The third-order valence-corrected chi connectivity index (χ3v) is 5.70. The lowest BCUT2D eigenvalue weighted by molar-refractivity contribution is 0.0702. The number of nitrogens with one attached hydrogen (secondary N) is 1. The zero-order valence-electron chi connectivity index (χ0n) is 15.4. The van der Waals surface area contributed by atoms with E-state index in [1.807, 2.05) is 42.3 Å². The Kier molecular flexibility index (Phi) is 3.93. The van der Waals surface area contributed by atoms with Crippen molar-refractivity contribution < 1.29 is 9.21 Å². The van der Waals surface area contributed by atoms with E-state index in [9.17, 15) is 4.79 Å². The van der Waals surface area contributed by atoms with Gasteiger partial charge < -0.3 is 14.6 Å². The third kappa shape index (κ3) is 2.80. The van der Waals surface area contributed by atoms with Crippen LogP contribution in [0.3, 0.4) is 0 Å². The second kappa shape index (κ2) is 6.46. The predicted octanol–water partition coefficient (Wildman–Crippen LogP) is 2.81. The van der Waals surface area contributed by atoms with Gasteiger partial charge in [-0.05, 0) is 26.0 Å². The number of para-hydroxylation sites is 1. The van der Waals surface area contributed by atoms with Crippen molar-refractivity contribution in [3.8, 4) is 0 Å². The molecule has 27 heavy (non-hydrogen) atoms. The molecule has 0 spiro atoms. The van der Waals surface area contributed by atoms with E-state index in [1.54, 1.807) is 0 Å². The summed E-state index contributed by atoms with van der Waals surface area (Å²) in [6.07, 6.45) is 3.76. The van der Waals surface area contributed by atoms with Crippen molar-refractivity contribution in [2.24, 2.45) is 0 Å². The summed E-state index contributed by atoms with van der Waals surface area (Å²) in [7, 11) is 0. The van der Waals surface area contributed by atoms with Crippen LogP contribution in [0.2, 0.25) is 0 Å². The fourth-order valence-corrected chi connectivity index (χ4v) is 4.10. The predicted molar refractivity (Wildman–Crippen MR) is 102 cm³/mol. The number of hydrogen-bond acceptors (Lipinski definition) is 5. The lowest BCUT2D eigenvalue weighted by atomic mass is 10.0. The highest BCUT2D eigenvalue weighted by Crippen LogP contribution is 2.28. The zero-order valence-corrected chi connectivity index (χ0v) is 15.4. The average Bonchev–Trinajstić information content (AvgIpc) is 3.35. The van der Waals surface area contributed by atoms with E-state index < -0.39 is 0 Å². The highest BCUT2D eigenvalue weighted by Gasteiger charge is 2.28. The van der Waals surface area contributed by atoms with Crippen molar-refractivity contribution in [2.75, 3.05) is 19.6 Å². The average molecular weight is 362 g/mol. The number of furan rings is 1. The van der Waals surface area contributed by atoms with Gasteiger partial charge in [-0.3, -0.25) is 4.79 Å². The fraction of sp³-hybridized carbons (Fsp3) is 0.381. The summed E-state index contributed by atoms with van der Waals surface area (Å²) in [4.78, 5) is 24.3. The molecule has 1 fully saturated rings. The van der Waals surface area contributed by atoms with Crippen LogP contribution in [0.25, 0.3) is 11.0 Å². The molecule has 1 saturated heterocycles. The summed E-state index contributed by atoms with van der Waals surface area (Å²) in [5.74, 6) is 1.73. The maximum atomic E-state index is 13.1. The molecule has 6 heteroatoms. The van der Waals surface area contributed by atoms with Crippen molar-refractivity contribution in [3.63, 3.8) is 0 Å². The lowest BCUT2D eigenvalue weighted by Crippen LogP contribution is -2.36. The first-order valence-corrected chi connectivity index (χ1v) is 9.53. The van der Waals surface area contributed by atoms with E-state index in [0.717, 1.165) is 59.5 Å². The molecule has 3 aromatic rings. The Morgan fingerprint density at radius 1 is 1.33 bits per heavy atom. The first-order valence-electron chi connectivity index (χ1n) is 9.53. The van der Waals surface area contributed by atoms with Crippen LogP contribution in [0.1, 0.15) is 45.5 Å². The van der Waals surface area contributed by atoms with Crippen molar-refractivity contribution in [3.05, 3.63) is 58.9 Å². The molecule has 2 aromatic heterocycles. The van der Waals surface area contributed by atoms with Gasteiger partial charge in [-0.25, -0.2) is 9.97 Å². The van der Waals surface area contributed by atoms with Gasteiger partial charge in [-0.2, -0.15) is 0 Å². The van der Waals surface area contributed by atoms with E-state index in [4.69, 9.17) is 9.40 Å². The van der Waals surface area contributed by atoms with Crippen LogP contribution in [0.15, 0.2) is 34.9 Å². The maximum Gasteiger partial charge on any atom is 0.290 e. The Hall–Kier alpha value is -2.73. The van der Waals surface area contributed by atoms with Crippen LogP contribution >= 0.6 is 0 Å². The molecular formula is C21H22N4O2. The third-order valence-electron chi connectivity index (χ3n) is 5.70. The Labute approximate surface area is 157 Å². The molecule has 1 atom stereocenters. The van der Waals surface area contributed by atoms with Crippen LogP contribution in [0.4, 0.5) is 0 Å². The Balaban J connectivity index is 1.39. The first-order chi connectivity index (χ1) is 13.2. The molecule has 2 aliphatic heterocycles. The van der Waals surface area contributed by atoms with Gasteiger partial charge in [0, 0.05) is 54.7 Å². The van der Waals surface area contributed by atoms with Crippen LogP contribution in [0.5, 0.6) is 0 Å². The van der Waals surface area contributed by atoms with E-state index in [1.165, 1.54) is 0 Å². The van der Waals surface area contributed by atoms with Crippen LogP contribution < -0.4 is 5.32 Å². The van der Waals surface area contributed by atoms with Crippen molar-refractivity contribution in [1.29, 1.82) is 0 Å². The number of aryl methyl sites for hydroxylation is 1. The fourth-order valence-electron chi connectivity index (χ4n) is 4.10. The number of carbonyl (C=O) groups excluding carboxylic acids is 1. The van der Waals surface area contributed by atoms with Crippen molar-refractivity contribution in [2.45, 2.75) is 32.2 Å². The largest absolute Gasteiger partial charge is 0.451 e. The Bertz CT molecular complexity index is 1020. The van der Waals surface area contributed by atoms with Gasteiger partial charge in [-0.1, -0.05) is 18.2 Å². The van der Waals surface area contributed by atoms with Gasteiger partial charge in [0.15, 0.2) is 5.76 Å². The van der Waals surface area contributed by atoms with Crippen LogP contribution in [-0.4, -0.2) is 40.4 Å². The van der Waals surface area contributed by atoms with Gasteiger partial charge in [0.2, 0.25) is 0 Å². The lowest BCUT2D eigenvalue weighted by Gasteiger charge is -2.28. The minimum Gasteiger partial charge on any atom is -0.451 e. The van der Waals surface area contributed by atoms with Crippen LogP contribution in [-0.2, 0) is 13.0 Å². The Morgan fingerprint density at radius 3 is 3.04 bits per heavy atom. The molecular weight excluding hydrogens is 340 g/mol. The molecule has 0 aliphatic carbocycles. The van der Waals surface area contributed by atoms with Gasteiger partial charge in [-0.15, -0.1) is 0 Å². The summed E-state index contributed by atoms with van der Waals surface area (Å²) in [6, 6.07) is 7.78. The quantitative estimate of drug-likeness (QED) is 0.759. The van der Waals surface area contributed by atoms with Crippen molar-refractivity contribution >= 4 is 16.9 Å². The van der Waals surface area contributed by atoms with E-state index in [0.29, 0.717) is 24.8 Å². The standard InChI is InChI=1S/C21H22N4O2/c1-13-16-4-2-3-5-18(16)27-19(13)21(26)25-9-7-17-15(12-25)11-23-20(24-17)14-6-8-22-10-14/h2-5,11,14,22H,6-10,12H2,1H3. The summed E-state index contributed by atoms with van der Waals surface area (Å²) in [6.45, 7) is 5.12. The number of nitrogens with zero attached hydrogens (tertiary/aromatic N) is 3. The molecule has 4 heterocycles. The number of rotatable bonds is 2. The summed E-state index contributed by atoms with van der Waals surface area (Å²) in [5.41, 5.74) is 3.78. The molecule has 1 amide bonds. The zero-order chi connectivity index (χ0) is 18.4. The molecule has 5 rings (SSSR count). The molecule has 6 nitrogen and oxygen atoms in total. The molecule has 1 unspecified atom stereocenters. The van der Waals surface area contributed by atoms with E-state index in [-0.39, 0.29) is 5.91 Å². The highest BCUT2D eigenvalue weighted by atomic mass is 16.3. The number of hydrogen-bond donors (Lipinski definition) is 1. The molecule has 138 valence electrons. The summed E-state index contributed by atoms with van der Waals surface area (Å²) < 4.78 is 5.86. The highest BCUT2D eigenvalue weighted by molar-refractivity contribution is 5.99. The molecule has 0 radical (unpaired) electrons. The molecule has 1 aromatic carbocycles. The van der Waals surface area contributed by atoms with Gasteiger partial charge >= 0.3 is 0 Å². The normalized spacial score (nSPS) is 19.4. The SMILES string of the molecule is Cc1c(C(=O)N2CCc3nc(C4CCNC4)ncc3C2)oc2ccccc12. The molecule has 2 aliphatic rings. The minimum atomic E-state index is -0.0570. The smallest absolute Gasteiger partial charge is 0.290 e. The second-order valence-electron chi connectivity index (χ2n) is 7.42. The van der Waals surface area contributed by atoms with E-state index in [2.05, 4.69) is 10.3 Å². The monoisotopic (exact) mass is 362 g/mol. The van der Waals surface area contributed by atoms with Gasteiger partial charge in [0.05, 0.1) is 5.69 Å². The number of amides is 1. The number of fused-ring (bicyclic) bond motifs is 2. The maximum absolute atomic E-state index is 13.1. The number of carbonyl (C=O) groups is 1.